The van der Waals surface area contributed by atoms with Gasteiger partial charge in [-0.2, -0.15) is 0 Å². The lowest BCUT2D eigenvalue weighted by Crippen LogP contribution is -2.55. The van der Waals surface area contributed by atoms with E-state index < -0.39 is 35.7 Å². The number of ketones is 1. The summed E-state index contributed by atoms with van der Waals surface area (Å²) in [6, 6.07) is 3.74. The van der Waals surface area contributed by atoms with E-state index in [1.807, 2.05) is 0 Å². The Bertz CT molecular complexity index is 752. The van der Waals surface area contributed by atoms with Gasteiger partial charge in [0.2, 0.25) is 11.8 Å². The van der Waals surface area contributed by atoms with E-state index in [-0.39, 0.29) is 24.5 Å². The number of amides is 2. The summed E-state index contributed by atoms with van der Waals surface area (Å²) in [4.78, 5) is 48.3. The number of nitrogens with one attached hydrogen (secondary N) is 2. The summed E-state index contributed by atoms with van der Waals surface area (Å²) in [5, 5.41) is 5.15. The lowest BCUT2D eigenvalue weighted by Gasteiger charge is -2.29. The fourth-order valence-electron chi connectivity index (χ4n) is 3.45. The fourth-order valence-corrected chi connectivity index (χ4v) is 3.45. The number of Topliss-reactive ketones (excluding diaryl/α,β-unsaturated/α-hetero) is 1. The Labute approximate surface area is 163 Å². The first-order chi connectivity index (χ1) is 13.3. The summed E-state index contributed by atoms with van der Waals surface area (Å²) in [6.45, 7) is 1.27. The van der Waals surface area contributed by atoms with Gasteiger partial charge in [0.25, 0.3) is 0 Å². The van der Waals surface area contributed by atoms with Crippen LogP contribution in [0.2, 0.25) is 0 Å². The minimum atomic E-state index is -0.995. The zero-order chi connectivity index (χ0) is 20.7. The number of rotatable bonds is 7. The maximum absolute atomic E-state index is 13.4. The van der Waals surface area contributed by atoms with Gasteiger partial charge in [-0.1, -0.05) is 12.1 Å². The molecule has 0 saturated heterocycles. The van der Waals surface area contributed by atoms with Crippen molar-refractivity contribution < 1.29 is 28.3 Å². The van der Waals surface area contributed by atoms with Crippen molar-refractivity contribution in [3.63, 3.8) is 0 Å². The fraction of sp³-hybridized carbons (Fsp3) is 0.500. The van der Waals surface area contributed by atoms with Gasteiger partial charge < -0.3 is 15.4 Å². The third-order valence-electron chi connectivity index (χ3n) is 4.77. The van der Waals surface area contributed by atoms with E-state index >= 15 is 0 Å². The minimum absolute atomic E-state index is 0.0394. The van der Waals surface area contributed by atoms with Crippen LogP contribution >= 0.6 is 0 Å². The predicted molar refractivity (Wildman–Crippen MR) is 98.6 cm³/mol. The summed E-state index contributed by atoms with van der Waals surface area (Å²) in [7, 11) is 1.21. The minimum Gasteiger partial charge on any atom is -0.467 e. The highest BCUT2D eigenvalue weighted by atomic mass is 19.1. The van der Waals surface area contributed by atoms with Crippen LogP contribution < -0.4 is 10.6 Å². The quantitative estimate of drug-likeness (QED) is 0.681. The molecule has 0 unspecified atom stereocenters. The monoisotopic (exact) mass is 392 g/mol. The van der Waals surface area contributed by atoms with Crippen LogP contribution in [0.15, 0.2) is 24.3 Å². The van der Waals surface area contributed by atoms with Crippen molar-refractivity contribution in [1.29, 1.82) is 0 Å². The molecule has 0 bridgehead atoms. The van der Waals surface area contributed by atoms with E-state index in [1.54, 1.807) is 6.07 Å². The van der Waals surface area contributed by atoms with Crippen LogP contribution in [0, 0.1) is 11.7 Å². The van der Waals surface area contributed by atoms with Crippen LogP contribution in [-0.2, 0) is 30.3 Å². The maximum Gasteiger partial charge on any atom is 0.328 e. The van der Waals surface area contributed by atoms with E-state index in [9.17, 15) is 23.6 Å². The number of hydrogen-bond acceptors (Lipinski definition) is 5. The summed E-state index contributed by atoms with van der Waals surface area (Å²) in [5.41, 5.74) is 0.524. The topological polar surface area (TPSA) is 102 Å². The summed E-state index contributed by atoms with van der Waals surface area (Å²) < 4.78 is 18.2. The largest absolute Gasteiger partial charge is 0.467 e. The molecule has 0 aliphatic heterocycles. The van der Waals surface area contributed by atoms with Gasteiger partial charge in [0.15, 0.2) is 0 Å². The first-order valence-corrected chi connectivity index (χ1v) is 9.21. The lowest BCUT2D eigenvalue weighted by atomic mass is 9.83. The molecule has 28 heavy (non-hydrogen) atoms. The van der Waals surface area contributed by atoms with Gasteiger partial charge in [-0.05, 0) is 36.5 Å². The number of halogens is 1. The molecule has 2 rings (SSSR count). The Kier molecular flexibility index (Phi) is 7.66. The van der Waals surface area contributed by atoms with Crippen molar-refractivity contribution in [3.05, 3.63) is 35.6 Å². The first kappa shape index (κ1) is 21.5. The van der Waals surface area contributed by atoms with Gasteiger partial charge in [-0.3, -0.25) is 14.4 Å². The molecule has 0 heterocycles. The Morgan fingerprint density at radius 2 is 2.04 bits per heavy atom. The van der Waals surface area contributed by atoms with Crippen LogP contribution in [-0.4, -0.2) is 42.8 Å². The number of hydrogen-bond donors (Lipinski definition) is 2. The Hall–Kier alpha value is -2.77. The molecule has 3 atom stereocenters. The van der Waals surface area contributed by atoms with Crippen LogP contribution in [0.3, 0.4) is 0 Å². The molecule has 0 radical (unpaired) electrons. The summed E-state index contributed by atoms with van der Waals surface area (Å²) in [6.07, 6.45) is 1.97. The molecule has 0 aromatic heterocycles. The van der Waals surface area contributed by atoms with Crippen molar-refractivity contribution in [2.75, 3.05) is 7.11 Å². The van der Waals surface area contributed by atoms with Crippen LogP contribution in [0.5, 0.6) is 0 Å². The highest BCUT2D eigenvalue weighted by molar-refractivity contribution is 5.91. The average molecular weight is 392 g/mol. The van der Waals surface area contributed by atoms with E-state index in [0.29, 0.717) is 24.8 Å². The van der Waals surface area contributed by atoms with Gasteiger partial charge in [0.1, 0.15) is 23.7 Å². The van der Waals surface area contributed by atoms with Gasteiger partial charge in [0.05, 0.1) is 7.11 Å². The van der Waals surface area contributed by atoms with E-state index in [0.717, 1.165) is 0 Å². The van der Waals surface area contributed by atoms with Crippen molar-refractivity contribution in [2.45, 2.75) is 51.1 Å². The molecule has 2 amide bonds. The lowest BCUT2D eigenvalue weighted by molar-refractivity contribution is -0.147. The number of carbonyl (C=O) groups excluding carboxylic acids is 4. The van der Waals surface area contributed by atoms with Gasteiger partial charge in [-0.15, -0.1) is 0 Å². The molecular formula is C20H25FN2O5. The van der Waals surface area contributed by atoms with Crippen molar-refractivity contribution in [1.82, 2.24) is 10.6 Å². The van der Waals surface area contributed by atoms with E-state index in [1.165, 1.54) is 32.2 Å². The molecule has 152 valence electrons. The van der Waals surface area contributed by atoms with Crippen molar-refractivity contribution >= 4 is 23.6 Å². The third kappa shape index (κ3) is 6.14. The maximum atomic E-state index is 13.4. The number of carbonyl (C=O) groups is 4. The molecule has 2 N–H and O–H groups in total. The summed E-state index contributed by atoms with van der Waals surface area (Å²) >= 11 is 0. The number of ether oxygens (including phenoxy) is 1. The van der Waals surface area contributed by atoms with Crippen molar-refractivity contribution in [3.8, 4) is 0 Å². The normalized spacial score (nSPS) is 18.7. The van der Waals surface area contributed by atoms with E-state index in [2.05, 4.69) is 10.6 Å². The zero-order valence-electron chi connectivity index (χ0n) is 16.0. The molecule has 1 aromatic rings. The standard InChI is InChI=1S/C20H25FN2O5/c1-12(24)22-17(10-13-5-3-7-15(21)9-13)19(26)23-18(20(27)28-2)14-6-4-8-16(25)11-14/h3,5,7,9,14,17-18H,4,6,8,10-11H2,1-2H3,(H,22,24)(H,23,26)/t14-,17-,18+/m0/s1. The van der Waals surface area contributed by atoms with Crippen LogP contribution in [0.1, 0.15) is 38.2 Å². The van der Waals surface area contributed by atoms with Crippen LogP contribution in [0.25, 0.3) is 0 Å². The number of methoxy groups -OCH3 is 1. The highest BCUT2D eigenvalue weighted by Gasteiger charge is 2.35. The van der Waals surface area contributed by atoms with Gasteiger partial charge in [-0.25, -0.2) is 9.18 Å². The molecule has 1 aliphatic rings. The molecule has 1 saturated carbocycles. The summed E-state index contributed by atoms with van der Waals surface area (Å²) in [5.74, 6) is -2.43. The smallest absolute Gasteiger partial charge is 0.328 e. The molecular weight excluding hydrogens is 367 g/mol. The van der Waals surface area contributed by atoms with Gasteiger partial charge >= 0.3 is 5.97 Å². The van der Waals surface area contributed by atoms with Gasteiger partial charge in [0, 0.05) is 26.2 Å². The Balaban J connectivity index is 2.16. The second-order valence-electron chi connectivity index (χ2n) is 6.99. The molecule has 1 fully saturated rings. The predicted octanol–water partition coefficient (Wildman–Crippen LogP) is 1.29. The molecule has 0 spiro atoms. The number of benzene rings is 1. The molecule has 8 heteroatoms. The molecule has 7 nitrogen and oxygen atoms in total. The Morgan fingerprint density at radius 1 is 1.29 bits per heavy atom. The van der Waals surface area contributed by atoms with Crippen LogP contribution in [0.4, 0.5) is 4.39 Å². The zero-order valence-corrected chi connectivity index (χ0v) is 16.0. The number of esters is 1. The molecule has 1 aliphatic carbocycles. The van der Waals surface area contributed by atoms with E-state index in [4.69, 9.17) is 4.74 Å². The Morgan fingerprint density at radius 3 is 2.64 bits per heavy atom. The molecule has 1 aromatic carbocycles. The van der Waals surface area contributed by atoms with Crippen molar-refractivity contribution in [2.24, 2.45) is 5.92 Å². The highest BCUT2D eigenvalue weighted by Crippen LogP contribution is 2.25. The second kappa shape index (κ2) is 9.96. The second-order valence-corrected chi connectivity index (χ2v) is 6.99. The first-order valence-electron chi connectivity index (χ1n) is 9.21. The average Bonchev–Trinajstić information content (AvgIpc) is 2.64. The SMILES string of the molecule is COC(=O)[C@H](NC(=O)[C@H](Cc1cccc(F)c1)NC(C)=O)[C@H]1CCCC(=O)C1. The third-order valence-corrected chi connectivity index (χ3v) is 4.77.